The van der Waals surface area contributed by atoms with E-state index in [-0.39, 0.29) is 33.5 Å². The predicted molar refractivity (Wildman–Crippen MR) is 102 cm³/mol. The van der Waals surface area contributed by atoms with Crippen molar-refractivity contribution in [2.24, 2.45) is 0 Å². The molecule has 1 aromatic heterocycles. The molecule has 0 aliphatic carbocycles. The maximum absolute atomic E-state index is 13.1. The summed E-state index contributed by atoms with van der Waals surface area (Å²) in [6, 6.07) is 2.94. The Kier molecular flexibility index (Phi) is 6.27. The molecule has 0 saturated heterocycles. The highest BCUT2D eigenvalue weighted by atomic mass is 35.5. The summed E-state index contributed by atoms with van der Waals surface area (Å²) in [7, 11) is -1.35. The Balaban J connectivity index is 2.58. The molecule has 0 unspecified atom stereocenters. The van der Waals surface area contributed by atoms with Crippen LogP contribution in [0.15, 0.2) is 17.0 Å². The number of esters is 1. The molecule has 0 bridgehead atoms. The van der Waals surface area contributed by atoms with E-state index in [0.717, 1.165) is 0 Å². The van der Waals surface area contributed by atoms with Crippen molar-refractivity contribution < 1.29 is 27.4 Å². The van der Waals surface area contributed by atoms with Crippen molar-refractivity contribution in [1.29, 1.82) is 0 Å². The molecule has 0 aliphatic heterocycles. The number of anilines is 1. The lowest BCUT2D eigenvalue weighted by molar-refractivity contribution is 0.0521. The zero-order valence-corrected chi connectivity index (χ0v) is 17.2. The summed E-state index contributed by atoms with van der Waals surface area (Å²) in [6.45, 7) is 4.91. The molecule has 0 amide bonds. The minimum atomic E-state index is -4.18. The zero-order valence-electron chi connectivity index (χ0n) is 15.6. The molecule has 2 rings (SSSR count). The maximum atomic E-state index is 13.1. The van der Waals surface area contributed by atoms with Crippen LogP contribution in [0, 0.1) is 13.8 Å². The Morgan fingerprint density at radius 1 is 1.19 bits per heavy atom. The number of rotatable bonds is 7. The molecule has 0 fully saturated rings. The highest BCUT2D eigenvalue weighted by Gasteiger charge is 2.31. The summed E-state index contributed by atoms with van der Waals surface area (Å²) < 4.78 is 43.8. The van der Waals surface area contributed by atoms with Crippen molar-refractivity contribution in [2.75, 3.05) is 25.5 Å². The lowest BCUT2D eigenvalue weighted by atomic mass is 10.2. The van der Waals surface area contributed by atoms with Crippen LogP contribution in [0.2, 0.25) is 5.02 Å². The largest absolute Gasteiger partial charge is 0.497 e. The molecular weight excluding hydrogens is 396 g/mol. The van der Waals surface area contributed by atoms with Crippen LogP contribution in [-0.4, -0.2) is 40.2 Å². The molecule has 27 heavy (non-hydrogen) atoms. The van der Waals surface area contributed by atoms with E-state index in [1.807, 2.05) is 0 Å². The van der Waals surface area contributed by atoms with Gasteiger partial charge in [-0.05, 0) is 20.8 Å². The Morgan fingerprint density at radius 2 is 1.85 bits per heavy atom. The standard InChI is InChI=1S/C17H21ClN2O6S/c1-6-26-17(21)14-9(2)19-10(3)16(14)27(22,23)20-15-12(18)7-11(24-4)8-13(15)25-5/h7-8,19-20H,6H2,1-5H3. The fourth-order valence-corrected chi connectivity index (χ4v) is 4.51. The molecule has 10 heteroatoms. The first-order valence-electron chi connectivity index (χ1n) is 7.96. The lowest BCUT2D eigenvalue weighted by Crippen LogP contribution is -2.18. The van der Waals surface area contributed by atoms with E-state index in [0.29, 0.717) is 17.1 Å². The Morgan fingerprint density at radius 3 is 2.41 bits per heavy atom. The average molecular weight is 417 g/mol. The predicted octanol–water partition coefficient (Wildman–Crippen LogP) is 3.28. The summed E-state index contributed by atoms with van der Waals surface area (Å²) in [6.07, 6.45) is 0. The number of hydrogen-bond acceptors (Lipinski definition) is 6. The van der Waals surface area contributed by atoms with Crippen LogP contribution in [0.5, 0.6) is 11.5 Å². The number of carbonyl (C=O) groups excluding carboxylic acids is 1. The summed E-state index contributed by atoms with van der Waals surface area (Å²) >= 11 is 6.20. The number of nitrogens with one attached hydrogen (secondary N) is 2. The molecule has 1 aromatic carbocycles. The van der Waals surface area contributed by atoms with Crippen molar-refractivity contribution in [3.05, 3.63) is 34.1 Å². The highest BCUT2D eigenvalue weighted by Crippen LogP contribution is 2.39. The fourth-order valence-electron chi connectivity index (χ4n) is 2.66. The number of ether oxygens (including phenoxy) is 3. The van der Waals surface area contributed by atoms with E-state index in [1.54, 1.807) is 20.8 Å². The Hall–Kier alpha value is -2.39. The number of aromatic nitrogens is 1. The van der Waals surface area contributed by atoms with Crippen LogP contribution in [0.3, 0.4) is 0 Å². The molecule has 1 heterocycles. The van der Waals surface area contributed by atoms with Gasteiger partial charge in [-0.25, -0.2) is 13.2 Å². The molecule has 0 spiro atoms. The van der Waals surface area contributed by atoms with Gasteiger partial charge in [-0.3, -0.25) is 4.72 Å². The minimum Gasteiger partial charge on any atom is -0.497 e. The van der Waals surface area contributed by atoms with Crippen molar-refractivity contribution in [1.82, 2.24) is 4.98 Å². The van der Waals surface area contributed by atoms with Crippen molar-refractivity contribution >= 4 is 33.3 Å². The second-order valence-corrected chi connectivity index (χ2v) is 7.62. The normalized spacial score (nSPS) is 11.2. The number of aryl methyl sites for hydroxylation is 2. The fraction of sp³-hybridized carbons (Fsp3) is 0.353. The number of hydrogen-bond donors (Lipinski definition) is 2. The first-order chi connectivity index (χ1) is 12.7. The topological polar surface area (TPSA) is 107 Å². The highest BCUT2D eigenvalue weighted by molar-refractivity contribution is 7.92. The van der Waals surface area contributed by atoms with E-state index >= 15 is 0 Å². The molecular formula is C17H21ClN2O6S. The van der Waals surface area contributed by atoms with Crippen LogP contribution in [0.1, 0.15) is 28.7 Å². The Labute approximate surface area is 162 Å². The minimum absolute atomic E-state index is 0.0352. The summed E-state index contributed by atoms with van der Waals surface area (Å²) in [5.74, 6) is -0.154. The van der Waals surface area contributed by atoms with E-state index in [1.165, 1.54) is 26.4 Å². The van der Waals surface area contributed by atoms with Gasteiger partial charge in [0.05, 0.1) is 25.8 Å². The van der Waals surface area contributed by atoms with Gasteiger partial charge in [0.2, 0.25) is 0 Å². The molecule has 0 atom stereocenters. The van der Waals surface area contributed by atoms with E-state index in [4.69, 9.17) is 25.8 Å². The molecule has 148 valence electrons. The molecule has 2 aromatic rings. The van der Waals surface area contributed by atoms with Crippen LogP contribution in [0.4, 0.5) is 5.69 Å². The first kappa shape index (κ1) is 20.9. The smallest absolute Gasteiger partial charge is 0.341 e. The van der Waals surface area contributed by atoms with Crippen LogP contribution in [-0.2, 0) is 14.8 Å². The maximum Gasteiger partial charge on any atom is 0.341 e. The number of benzene rings is 1. The van der Waals surface area contributed by atoms with Gasteiger partial charge in [-0.2, -0.15) is 0 Å². The van der Waals surface area contributed by atoms with Crippen molar-refractivity contribution in [3.63, 3.8) is 0 Å². The van der Waals surface area contributed by atoms with Crippen molar-refractivity contribution in [3.8, 4) is 11.5 Å². The number of carbonyl (C=O) groups is 1. The first-order valence-corrected chi connectivity index (χ1v) is 9.83. The molecule has 0 saturated carbocycles. The van der Waals surface area contributed by atoms with E-state index < -0.39 is 16.0 Å². The van der Waals surface area contributed by atoms with Crippen LogP contribution in [0.25, 0.3) is 0 Å². The summed E-state index contributed by atoms with van der Waals surface area (Å²) in [5.41, 5.74) is 0.671. The number of H-pyrrole nitrogens is 1. The Bertz CT molecular complexity index is 968. The summed E-state index contributed by atoms with van der Waals surface area (Å²) in [5, 5.41) is 0.0809. The zero-order chi connectivity index (χ0) is 20.4. The SMILES string of the molecule is CCOC(=O)c1c(C)[nH]c(C)c1S(=O)(=O)Nc1c(Cl)cc(OC)cc1OC. The van der Waals surface area contributed by atoms with Crippen LogP contribution >= 0.6 is 11.6 Å². The third kappa shape index (κ3) is 4.14. The number of methoxy groups -OCH3 is 2. The molecule has 2 N–H and O–H groups in total. The number of sulfonamides is 1. The van der Waals surface area contributed by atoms with Gasteiger partial charge in [-0.1, -0.05) is 11.6 Å². The van der Waals surface area contributed by atoms with Crippen molar-refractivity contribution in [2.45, 2.75) is 25.7 Å². The number of aromatic amines is 1. The number of halogens is 1. The molecule has 0 aliphatic rings. The van der Waals surface area contributed by atoms with Gasteiger partial charge in [0.15, 0.2) is 0 Å². The van der Waals surface area contributed by atoms with Gasteiger partial charge in [0, 0.05) is 23.5 Å². The average Bonchev–Trinajstić information content (AvgIpc) is 2.91. The monoisotopic (exact) mass is 416 g/mol. The van der Waals surface area contributed by atoms with Gasteiger partial charge in [0.25, 0.3) is 10.0 Å². The second-order valence-electron chi connectivity index (χ2n) is 5.59. The quantitative estimate of drug-likeness (QED) is 0.671. The van der Waals surface area contributed by atoms with Gasteiger partial charge >= 0.3 is 5.97 Å². The lowest BCUT2D eigenvalue weighted by Gasteiger charge is -2.15. The van der Waals surface area contributed by atoms with Gasteiger partial charge < -0.3 is 19.2 Å². The van der Waals surface area contributed by atoms with Crippen LogP contribution < -0.4 is 14.2 Å². The van der Waals surface area contributed by atoms with E-state index in [2.05, 4.69) is 9.71 Å². The second kappa shape index (κ2) is 8.10. The summed E-state index contributed by atoms with van der Waals surface area (Å²) in [4.78, 5) is 14.9. The molecule has 0 radical (unpaired) electrons. The van der Waals surface area contributed by atoms with Gasteiger partial charge in [-0.15, -0.1) is 0 Å². The third-order valence-electron chi connectivity index (χ3n) is 3.79. The molecule has 8 nitrogen and oxygen atoms in total. The van der Waals surface area contributed by atoms with E-state index in [9.17, 15) is 13.2 Å². The van der Waals surface area contributed by atoms with Gasteiger partial charge in [0.1, 0.15) is 27.6 Å². The third-order valence-corrected chi connectivity index (χ3v) is 5.60.